The Morgan fingerprint density at radius 3 is 2.56 bits per heavy atom. The smallest absolute Gasteiger partial charge is 0.336 e. The van der Waals surface area contributed by atoms with E-state index in [9.17, 15) is 9.90 Å². The summed E-state index contributed by atoms with van der Waals surface area (Å²) in [6.45, 7) is 9.34. The molecule has 0 saturated carbocycles. The molecule has 166 valence electrons. The standard InChI is InChI=1S/C28H31NO3/c1-5-28(3,4)20-16-19(15-18-11-7-10-14-24(18)32-6-2)26-22(17-20)25(27(30)31)21-12-8-9-13-23(21)29-26/h7-15,20H,5-6,16-17H2,1-4H3,(H,30,31). The average molecular weight is 430 g/mol. The summed E-state index contributed by atoms with van der Waals surface area (Å²) in [6, 6.07) is 15.6. The lowest BCUT2D eigenvalue weighted by Crippen LogP contribution is -2.30. The normalized spacial score (nSPS) is 17.4. The van der Waals surface area contributed by atoms with Crippen LogP contribution in [0.3, 0.4) is 0 Å². The fraction of sp³-hybridized carbons (Fsp3) is 0.357. The van der Waals surface area contributed by atoms with Gasteiger partial charge in [-0.05, 0) is 60.4 Å². The van der Waals surface area contributed by atoms with Gasteiger partial charge in [0, 0.05) is 10.9 Å². The molecule has 2 aromatic carbocycles. The van der Waals surface area contributed by atoms with Gasteiger partial charge in [0.2, 0.25) is 0 Å². The van der Waals surface area contributed by atoms with Crippen molar-refractivity contribution in [1.29, 1.82) is 0 Å². The summed E-state index contributed by atoms with van der Waals surface area (Å²) >= 11 is 0. The van der Waals surface area contributed by atoms with Crippen LogP contribution in [0.5, 0.6) is 5.75 Å². The van der Waals surface area contributed by atoms with E-state index in [1.54, 1.807) is 0 Å². The number of benzene rings is 2. The van der Waals surface area contributed by atoms with Gasteiger partial charge in [0.15, 0.2) is 0 Å². The molecule has 1 aliphatic rings. The van der Waals surface area contributed by atoms with Crippen molar-refractivity contribution < 1.29 is 14.6 Å². The molecule has 0 fully saturated rings. The van der Waals surface area contributed by atoms with Crippen LogP contribution < -0.4 is 4.74 Å². The first-order chi connectivity index (χ1) is 15.4. The molecule has 0 spiro atoms. The number of allylic oxidation sites excluding steroid dienone is 1. The number of fused-ring (bicyclic) bond motifs is 2. The Balaban J connectivity index is 1.99. The second kappa shape index (κ2) is 8.78. The van der Waals surface area contributed by atoms with Crippen LogP contribution in [-0.2, 0) is 6.42 Å². The molecule has 0 radical (unpaired) electrons. The maximum absolute atomic E-state index is 12.4. The van der Waals surface area contributed by atoms with Crippen LogP contribution in [0.4, 0.5) is 0 Å². The highest BCUT2D eigenvalue weighted by Gasteiger charge is 2.36. The average Bonchev–Trinajstić information content (AvgIpc) is 2.78. The van der Waals surface area contributed by atoms with Gasteiger partial charge in [-0.15, -0.1) is 0 Å². The fourth-order valence-electron chi connectivity index (χ4n) is 4.68. The molecule has 4 heteroatoms. The summed E-state index contributed by atoms with van der Waals surface area (Å²) in [7, 11) is 0. The highest BCUT2D eigenvalue weighted by atomic mass is 16.5. The van der Waals surface area contributed by atoms with E-state index in [0.717, 1.165) is 52.9 Å². The minimum absolute atomic E-state index is 0.0810. The van der Waals surface area contributed by atoms with Crippen molar-refractivity contribution in [3.8, 4) is 5.75 Å². The molecule has 1 unspecified atom stereocenters. The summed E-state index contributed by atoms with van der Waals surface area (Å²) in [6.07, 6.45) is 4.76. The zero-order chi connectivity index (χ0) is 22.9. The summed E-state index contributed by atoms with van der Waals surface area (Å²) in [5.74, 6) is 0.274. The Kier molecular flexibility index (Phi) is 6.05. The number of hydrogen-bond acceptors (Lipinski definition) is 3. The molecule has 1 aromatic heterocycles. The number of carbonyl (C=O) groups is 1. The second-order valence-corrected chi connectivity index (χ2v) is 9.22. The van der Waals surface area contributed by atoms with Crippen molar-refractivity contribution in [2.24, 2.45) is 11.3 Å². The Morgan fingerprint density at radius 2 is 1.84 bits per heavy atom. The first-order valence-corrected chi connectivity index (χ1v) is 11.4. The quantitative estimate of drug-likeness (QED) is 0.464. The predicted molar refractivity (Wildman–Crippen MR) is 130 cm³/mol. The van der Waals surface area contributed by atoms with Crippen LogP contribution in [0.15, 0.2) is 48.5 Å². The van der Waals surface area contributed by atoms with Crippen LogP contribution >= 0.6 is 0 Å². The summed E-state index contributed by atoms with van der Waals surface area (Å²) < 4.78 is 5.85. The Bertz CT molecular complexity index is 1190. The van der Waals surface area contributed by atoms with Crippen LogP contribution in [0.2, 0.25) is 0 Å². The molecule has 0 amide bonds. The zero-order valence-electron chi connectivity index (χ0n) is 19.3. The molecule has 4 nitrogen and oxygen atoms in total. The molecule has 0 aliphatic heterocycles. The van der Waals surface area contributed by atoms with E-state index in [0.29, 0.717) is 23.5 Å². The van der Waals surface area contributed by atoms with E-state index in [2.05, 4.69) is 26.8 Å². The number of aromatic nitrogens is 1. The molecule has 32 heavy (non-hydrogen) atoms. The van der Waals surface area contributed by atoms with Crippen LogP contribution in [0.25, 0.3) is 22.6 Å². The first kappa shape index (κ1) is 22.1. The Hall–Kier alpha value is -3.14. The molecule has 3 aromatic rings. The minimum atomic E-state index is -0.885. The number of pyridine rings is 1. The van der Waals surface area contributed by atoms with E-state index in [1.807, 2.05) is 55.5 Å². The second-order valence-electron chi connectivity index (χ2n) is 9.22. The maximum atomic E-state index is 12.4. The molecular formula is C28H31NO3. The van der Waals surface area contributed by atoms with E-state index < -0.39 is 5.97 Å². The molecule has 0 bridgehead atoms. The molecule has 1 atom stereocenters. The van der Waals surface area contributed by atoms with Gasteiger partial charge >= 0.3 is 5.97 Å². The third kappa shape index (κ3) is 4.02. The van der Waals surface area contributed by atoms with Gasteiger partial charge in [0.25, 0.3) is 0 Å². The summed E-state index contributed by atoms with van der Waals surface area (Å²) in [5, 5.41) is 10.9. The zero-order valence-corrected chi connectivity index (χ0v) is 19.3. The van der Waals surface area contributed by atoms with E-state index in [4.69, 9.17) is 9.72 Å². The Morgan fingerprint density at radius 1 is 1.12 bits per heavy atom. The molecule has 1 aliphatic carbocycles. The molecular weight excluding hydrogens is 398 g/mol. The topological polar surface area (TPSA) is 59.4 Å². The van der Waals surface area contributed by atoms with Gasteiger partial charge in [-0.3, -0.25) is 0 Å². The SMILES string of the molecule is CCOc1ccccc1C=C1CC(C(C)(C)CC)Cc2c1nc1ccccc1c2C(=O)O. The van der Waals surface area contributed by atoms with Crippen LogP contribution in [-0.4, -0.2) is 22.7 Å². The van der Waals surface area contributed by atoms with Gasteiger partial charge in [0.05, 0.1) is 23.4 Å². The molecule has 1 N–H and O–H groups in total. The first-order valence-electron chi connectivity index (χ1n) is 11.4. The van der Waals surface area contributed by atoms with Crippen molar-refractivity contribution in [2.45, 2.75) is 47.0 Å². The molecule has 4 rings (SSSR count). The van der Waals surface area contributed by atoms with E-state index in [1.165, 1.54) is 0 Å². The van der Waals surface area contributed by atoms with Crippen molar-refractivity contribution in [2.75, 3.05) is 6.61 Å². The van der Waals surface area contributed by atoms with Gasteiger partial charge in [-0.2, -0.15) is 0 Å². The van der Waals surface area contributed by atoms with E-state index in [-0.39, 0.29) is 5.41 Å². The Labute approximate surface area is 190 Å². The third-order valence-corrected chi connectivity index (χ3v) is 6.99. The lowest BCUT2D eigenvalue weighted by Gasteiger charge is -2.38. The van der Waals surface area contributed by atoms with Crippen LogP contribution in [0.1, 0.15) is 67.7 Å². The molecule has 1 heterocycles. The fourth-order valence-corrected chi connectivity index (χ4v) is 4.68. The number of carboxylic acids is 1. The number of para-hydroxylation sites is 2. The number of aromatic carboxylic acids is 1. The lowest BCUT2D eigenvalue weighted by molar-refractivity contribution is 0.0696. The number of hydrogen-bond donors (Lipinski definition) is 1. The third-order valence-electron chi connectivity index (χ3n) is 6.99. The van der Waals surface area contributed by atoms with Crippen LogP contribution in [0, 0.1) is 11.3 Å². The highest BCUT2D eigenvalue weighted by Crippen LogP contribution is 2.46. The maximum Gasteiger partial charge on any atom is 0.336 e. The monoisotopic (exact) mass is 429 g/mol. The van der Waals surface area contributed by atoms with Gasteiger partial charge in [-0.25, -0.2) is 9.78 Å². The summed E-state index contributed by atoms with van der Waals surface area (Å²) in [4.78, 5) is 17.4. The van der Waals surface area contributed by atoms with Gasteiger partial charge < -0.3 is 9.84 Å². The van der Waals surface area contributed by atoms with Crippen molar-refractivity contribution in [1.82, 2.24) is 4.98 Å². The molecule has 0 saturated heterocycles. The highest BCUT2D eigenvalue weighted by molar-refractivity contribution is 6.06. The van der Waals surface area contributed by atoms with Crippen molar-refractivity contribution in [3.63, 3.8) is 0 Å². The van der Waals surface area contributed by atoms with Gasteiger partial charge in [0.1, 0.15) is 5.75 Å². The van der Waals surface area contributed by atoms with E-state index >= 15 is 0 Å². The largest absolute Gasteiger partial charge is 0.493 e. The number of rotatable bonds is 6. The predicted octanol–water partition coefficient (Wildman–Crippen LogP) is 6.87. The number of carboxylic acid groups (broad SMARTS) is 1. The minimum Gasteiger partial charge on any atom is -0.493 e. The van der Waals surface area contributed by atoms with Crippen molar-refractivity contribution in [3.05, 3.63) is 70.9 Å². The summed E-state index contributed by atoms with van der Waals surface area (Å²) in [5.41, 5.74) is 4.95. The number of nitrogens with zero attached hydrogens (tertiary/aromatic N) is 1. The van der Waals surface area contributed by atoms with Gasteiger partial charge in [-0.1, -0.05) is 63.6 Å². The number of ether oxygens (including phenoxy) is 1. The lowest BCUT2D eigenvalue weighted by atomic mass is 9.67. The van der Waals surface area contributed by atoms with Crippen molar-refractivity contribution >= 4 is 28.5 Å².